The summed E-state index contributed by atoms with van der Waals surface area (Å²) in [6, 6.07) is 0. The highest BCUT2D eigenvalue weighted by Crippen LogP contribution is 2.45. The van der Waals surface area contributed by atoms with Gasteiger partial charge in [0.25, 0.3) is 0 Å². The molecule has 0 amide bonds. The topological polar surface area (TPSA) is 52.6 Å². The highest BCUT2D eigenvalue weighted by molar-refractivity contribution is 5.74. The number of esters is 2. The molecule has 0 radical (unpaired) electrons. The van der Waals surface area contributed by atoms with Crippen LogP contribution in [0.15, 0.2) is 0 Å². The quantitative estimate of drug-likeness (QED) is 0.747. The third-order valence-corrected chi connectivity index (χ3v) is 5.20. The molecule has 2 fully saturated rings. The van der Waals surface area contributed by atoms with Crippen LogP contribution in [0.4, 0.5) is 0 Å². The lowest BCUT2D eigenvalue weighted by atomic mass is 9.64. The molecule has 0 aromatic carbocycles. The molecule has 20 heavy (non-hydrogen) atoms. The molecule has 0 saturated heterocycles. The molecule has 0 N–H and O–H groups in total. The number of carbonyl (C=O) groups excluding carboxylic acids is 2. The van der Waals surface area contributed by atoms with Crippen LogP contribution in [-0.2, 0) is 19.1 Å². The van der Waals surface area contributed by atoms with Crippen molar-refractivity contribution in [3.05, 3.63) is 0 Å². The molecule has 0 aromatic rings. The highest BCUT2D eigenvalue weighted by Gasteiger charge is 2.43. The fraction of sp³-hybridized carbons (Fsp3) is 0.875. The van der Waals surface area contributed by atoms with E-state index in [1.807, 2.05) is 0 Å². The minimum Gasteiger partial charge on any atom is -0.469 e. The molecule has 0 bridgehead atoms. The summed E-state index contributed by atoms with van der Waals surface area (Å²) < 4.78 is 9.96. The lowest BCUT2D eigenvalue weighted by molar-refractivity contribution is -0.156. The van der Waals surface area contributed by atoms with Crippen LogP contribution in [0.5, 0.6) is 0 Å². The molecule has 114 valence electrons. The van der Waals surface area contributed by atoms with Crippen LogP contribution < -0.4 is 0 Å². The molecule has 0 spiro atoms. The molecule has 2 aliphatic rings. The van der Waals surface area contributed by atoms with Crippen molar-refractivity contribution in [1.82, 2.24) is 0 Å². The second-order valence-corrected chi connectivity index (χ2v) is 6.16. The Morgan fingerprint density at radius 3 is 1.40 bits per heavy atom. The van der Waals surface area contributed by atoms with Gasteiger partial charge >= 0.3 is 11.9 Å². The second kappa shape index (κ2) is 7.09. The van der Waals surface area contributed by atoms with Gasteiger partial charge in [0.15, 0.2) is 0 Å². The Balaban J connectivity index is 2.15. The monoisotopic (exact) mass is 282 g/mol. The summed E-state index contributed by atoms with van der Waals surface area (Å²) in [7, 11) is 2.93. The Labute approximate surface area is 121 Å². The van der Waals surface area contributed by atoms with Crippen LogP contribution in [0.3, 0.4) is 0 Å². The molecule has 0 heterocycles. The molecule has 0 aromatic heterocycles. The van der Waals surface area contributed by atoms with Crippen molar-refractivity contribution in [3.8, 4) is 0 Å². The second-order valence-electron chi connectivity index (χ2n) is 6.16. The molecule has 4 atom stereocenters. The Morgan fingerprint density at radius 1 is 0.700 bits per heavy atom. The van der Waals surface area contributed by atoms with Gasteiger partial charge in [-0.1, -0.05) is 25.7 Å². The number of hydrogen-bond acceptors (Lipinski definition) is 4. The number of rotatable bonds is 3. The molecular weight excluding hydrogens is 256 g/mol. The molecule has 2 saturated carbocycles. The Kier molecular flexibility index (Phi) is 5.44. The van der Waals surface area contributed by atoms with Crippen molar-refractivity contribution in [2.75, 3.05) is 14.2 Å². The number of carbonyl (C=O) groups is 2. The van der Waals surface area contributed by atoms with Crippen molar-refractivity contribution < 1.29 is 19.1 Å². The Morgan fingerprint density at radius 2 is 1.05 bits per heavy atom. The average Bonchev–Trinajstić information content (AvgIpc) is 2.53. The zero-order valence-corrected chi connectivity index (χ0v) is 12.6. The molecular formula is C16H26O4. The van der Waals surface area contributed by atoms with Gasteiger partial charge in [-0.05, 0) is 37.5 Å². The Hall–Kier alpha value is -1.06. The normalized spacial score (nSPS) is 34.3. The average molecular weight is 282 g/mol. The minimum atomic E-state index is -0.0936. The fourth-order valence-electron chi connectivity index (χ4n) is 4.23. The van der Waals surface area contributed by atoms with Crippen LogP contribution in [0.2, 0.25) is 0 Å². The molecule has 2 aliphatic carbocycles. The van der Waals surface area contributed by atoms with Crippen molar-refractivity contribution in [3.63, 3.8) is 0 Å². The first-order valence-corrected chi connectivity index (χ1v) is 7.84. The van der Waals surface area contributed by atoms with E-state index >= 15 is 0 Å². The first-order chi connectivity index (χ1) is 9.69. The van der Waals surface area contributed by atoms with Gasteiger partial charge in [-0.2, -0.15) is 0 Å². The summed E-state index contributed by atoms with van der Waals surface area (Å²) in [6.07, 6.45) is 8.38. The first kappa shape index (κ1) is 15.3. The van der Waals surface area contributed by atoms with E-state index in [9.17, 15) is 9.59 Å². The SMILES string of the molecule is COC(=O)C1CCCCC1C1CCCCC1C(=O)OC. The van der Waals surface area contributed by atoms with E-state index in [2.05, 4.69) is 0 Å². The van der Waals surface area contributed by atoms with Crippen LogP contribution >= 0.6 is 0 Å². The molecule has 4 nitrogen and oxygen atoms in total. The van der Waals surface area contributed by atoms with Crippen molar-refractivity contribution in [1.29, 1.82) is 0 Å². The van der Waals surface area contributed by atoms with Crippen molar-refractivity contribution in [2.24, 2.45) is 23.7 Å². The summed E-state index contributed by atoms with van der Waals surface area (Å²) in [5.74, 6) is 0.349. The molecule has 4 heteroatoms. The van der Waals surface area contributed by atoms with Gasteiger partial charge in [-0.15, -0.1) is 0 Å². The lowest BCUT2D eigenvalue weighted by Gasteiger charge is -2.40. The van der Waals surface area contributed by atoms with Gasteiger partial charge < -0.3 is 9.47 Å². The maximum atomic E-state index is 12.0. The first-order valence-electron chi connectivity index (χ1n) is 7.84. The van der Waals surface area contributed by atoms with E-state index in [-0.39, 0.29) is 23.8 Å². The molecule has 4 unspecified atom stereocenters. The van der Waals surface area contributed by atoms with Crippen molar-refractivity contribution in [2.45, 2.75) is 51.4 Å². The standard InChI is InChI=1S/C16H26O4/c1-19-15(17)13-9-5-3-7-11(13)12-8-4-6-10-14(12)16(18)20-2/h11-14H,3-10H2,1-2H3. The molecule has 2 rings (SSSR count). The van der Waals surface area contributed by atoms with Crippen LogP contribution in [0.1, 0.15) is 51.4 Å². The summed E-state index contributed by atoms with van der Waals surface area (Å²) >= 11 is 0. The van der Waals surface area contributed by atoms with Crippen molar-refractivity contribution >= 4 is 11.9 Å². The van der Waals surface area contributed by atoms with E-state index < -0.39 is 0 Å². The van der Waals surface area contributed by atoms with E-state index in [0.717, 1.165) is 51.4 Å². The van der Waals surface area contributed by atoms with Crippen LogP contribution in [-0.4, -0.2) is 26.2 Å². The van der Waals surface area contributed by atoms with Gasteiger partial charge in [0, 0.05) is 0 Å². The summed E-state index contributed by atoms with van der Waals surface area (Å²) in [4.78, 5) is 24.1. The van der Waals surface area contributed by atoms with Crippen LogP contribution in [0.25, 0.3) is 0 Å². The fourth-order valence-corrected chi connectivity index (χ4v) is 4.23. The Bertz CT molecular complexity index is 318. The minimum absolute atomic E-state index is 0.0241. The van der Waals surface area contributed by atoms with Crippen LogP contribution in [0, 0.1) is 23.7 Å². The smallest absolute Gasteiger partial charge is 0.308 e. The van der Waals surface area contributed by atoms with E-state index in [1.165, 1.54) is 14.2 Å². The van der Waals surface area contributed by atoms with E-state index in [4.69, 9.17) is 9.47 Å². The summed E-state index contributed by atoms with van der Waals surface area (Å²) in [5, 5.41) is 0. The van der Waals surface area contributed by atoms with E-state index in [1.54, 1.807) is 0 Å². The number of ether oxygens (including phenoxy) is 2. The van der Waals surface area contributed by atoms with Gasteiger partial charge in [0.05, 0.1) is 26.1 Å². The molecule has 0 aliphatic heterocycles. The third kappa shape index (κ3) is 3.15. The summed E-state index contributed by atoms with van der Waals surface area (Å²) in [6.45, 7) is 0. The maximum Gasteiger partial charge on any atom is 0.308 e. The third-order valence-electron chi connectivity index (χ3n) is 5.20. The van der Waals surface area contributed by atoms with Gasteiger partial charge in [0.1, 0.15) is 0 Å². The summed E-state index contributed by atoms with van der Waals surface area (Å²) in [5.41, 5.74) is 0. The van der Waals surface area contributed by atoms with Gasteiger partial charge in [0.2, 0.25) is 0 Å². The van der Waals surface area contributed by atoms with E-state index in [0.29, 0.717) is 11.8 Å². The largest absolute Gasteiger partial charge is 0.469 e. The van der Waals surface area contributed by atoms with Gasteiger partial charge in [-0.3, -0.25) is 9.59 Å². The number of methoxy groups -OCH3 is 2. The van der Waals surface area contributed by atoms with Gasteiger partial charge in [-0.25, -0.2) is 0 Å². The zero-order valence-electron chi connectivity index (χ0n) is 12.6. The predicted molar refractivity (Wildman–Crippen MR) is 74.9 cm³/mol. The predicted octanol–water partition coefficient (Wildman–Crippen LogP) is 2.95. The maximum absolute atomic E-state index is 12.0. The highest BCUT2D eigenvalue weighted by atomic mass is 16.5. The lowest BCUT2D eigenvalue weighted by Crippen LogP contribution is -2.40. The number of hydrogen-bond donors (Lipinski definition) is 0. The zero-order chi connectivity index (χ0) is 14.5.